The number of aromatic hydroxyl groups is 1. The zero-order valence-corrected chi connectivity index (χ0v) is 10.6. The van der Waals surface area contributed by atoms with Crippen LogP contribution in [0.1, 0.15) is 5.89 Å². The van der Waals surface area contributed by atoms with Gasteiger partial charge in [-0.05, 0) is 24.3 Å². The molecule has 0 aliphatic rings. The summed E-state index contributed by atoms with van der Waals surface area (Å²) in [6.45, 7) is 0.185. The Morgan fingerprint density at radius 3 is 2.50 bits per heavy atom. The van der Waals surface area contributed by atoms with E-state index in [2.05, 4.69) is 10.2 Å². The summed E-state index contributed by atoms with van der Waals surface area (Å²) in [4.78, 5) is 0. The molecule has 0 atom stereocenters. The van der Waals surface area contributed by atoms with E-state index in [-0.39, 0.29) is 18.2 Å². The lowest BCUT2D eigenvalue weighted by Gasteiger charge is -2.01. The Morgan fingerprint density at radius 2 is 1.70 bits per heavy atom. The first-order valence-electron chi connectivity index (χ1n) is 6.11. The predicted octanol–water partition coefficient (Wildman–Crippen LogP) is 3.02. The molecule has 0 spiro atoms. The fourth-order valence-corrected chi connectivity index (χ4v) is 1.74. The molecular weight excluding hydrogens is 256 g/mol. The molecule has 5 nitrogen and oxygen atoms in total. The van der Waals surface area contributed by atoms with Crippen LogP contribution in [0, 0.1) is 0 Å². The maximum Gasteiger partial charge on any atom is 0.254 e. The van der Waals surface area contributed by atoms with E-state index in [1.165, 1.54) is 0 Å². The van der Waals surface area contributed by atoms with Gasteiger partial charge in [0.15, 0.2) is 6.61 Å². The van der Waals surface area contributed by atoms with Crippen LogP contribution in [0.4, 0.5) is 0 Å². The highest BCUT2D eigenvalue weighted by Crippen LogP contribution is 2.27. The van der Waals surface area contributed by atoms with E-state index in [9.17, 15) is 5.11 Å². The van der Waals surface area contributed by atoms with Crippen LogP contribution >= 0.6 is 0 Å². The number of aromatic nitrogens is 2. The van der Waals surface area contributed by atoms with Crippen molar-refractivity contribution in [2.45, 2.75) is 6.61 Å². The van der Waals surface area contributed by atoms with Crippen molar-refractivity contribution >= 4 is 0 Å². The number of phenolic OH excluding ortho intramolecular Hbond substituents is 1. The number of benzene rings is 2. The average Bonchev–Trinajstić information content (AvgIpc) is 2.95. The predicted molar refractivity (Wildman–Crippen MR) is 72.2 cm³/mol. The molecule has 0 bridgehead atoms. The highest BCUT2D eigenvalue weighted by atomic mass is 16.5. The van der Waals surface area contributed by atoms with Gasteiger partial charge in [0.25, 0.3) is 11.8 Å². The van der Waals surface area contributed by atoms with Gasteiger partial charge < -0.3 is 14.3 Å². The molecule has 2 aromatic carbocycles. The molecule has 100 valence electrons. The summed E-state index contributed by atoms with van der Waals surface area (Å²) in [5, 5.41) is 17.5. The zero-order valence-electron chi connectivity index (χ0n) is 10.6. The van der Waals surface area contributed by atoms with Crippen molar-refractivity contribution in [3.05, 3.63) is 60.5 Å². The Labute approximate surface area is 115 Å². The van der Waals surface area contributed by atoms with Crippen molar-refractivity contribution in [2.75, 3.05) is 0 Å². The fourth-order valence-electron chi connectivity index (χ4n) is 1.74. The molecule has 0 aliphatic heterocycles. The van der Waals surface area contributed by atoms with Crippen LogP contribution in [0.25, 0.3) is 11.5 Å². The molecule has 1 N–H and O–H groups in total. The number of para-hydroxylation sites is 2. The minimum Gasteiger partial charge on any atom is -0.507 e. The summed E-state index contributed by atoms with van der Waals surface area (Å²) < 4.78 is 11.0. The van der Waals surface area contributed by atoms with E-state index >= 15 is 0 Å². The van der Waals surface area contributed by atoms with Crippen LogP contribution in [0.2, 0.25) is 0 Å². The lowest BCUT2D eigenvalue weighted by atomic mass is 10.2. The monoisotopic (exact) mass is 268 g/mol. The highest BCUT2D eigenvalue weighted by molar-refractivity contribution is 5.61. The molecule has 0 fully saturated rings. The first-order chi connectivity index (χ1) is 9.83. The zero-order chi connectivity index (χ0) is 13.8. The van der Waals surface area contributed by atoms with Crippen LogP contribution in [-0.2, 0) is 6.61 Å². The third-order valence-corrected chi connectivity index (χ3v) is 2.71. The first-order valence-corrected chi connectivity index (χ1v) is 6.11. The molecule has 20 heavy (non-hydrogen) atoms. The van der Waals surface area contributed by atoms with E-state index in [4.69, 9.17) is 9.15 Å². The van der Waals surface area contributed by atoms with E-state index in [0.29, 0.717) is 11.5 Å². The van der Waals surface area contributed by atoms with Crippen LogP contribution < -0.4 is 4.74 Å². The van der Waals surface area contributed by atoms with E-state index in [1.54, 1.807) is 24.3 Å². The Hall–Kier alpha value is -2.82. The van der Waals surface area contributed by atoms with Gasteiger partial charge in [0.2, 0.25) is 0 Å². The maximum absolute atomic E-state index is 9.72. The maximum atomic E-state index is 9.72. The number of hydrogen-bond donors (Lipinski definition) is 1. The minimum atomic E-state index is 0.103. The van der Waals surface area contributed by atoms with Crippen molar-refractivity contribution in [2.24, 2.45) is 0 Å². The quantitative estimate of drug-likeness (QED) is 0.787. The summed E-state index contributed by atoms with van der Waals surface area (Å²) in [6.07, 6.45) is 0. The van der Waals surface area contributed by atoms with Gasteiger partial charge in [-0.15, -0.1) is 10.2 Å². The molecule has 0 aliphatic carbocycles. The minimum absolute atomic E-state index is 0.103. The number of phenols is 1. The number of ether oxygens (including phenoxy) is 1. The molecule has 3 aromatic rings. The van der Waals surface area contributed by atoms with Gasteiger partial charge in [0.05, 0.1) is 5.56 Å². The molecule has 1 heterocycles. The second-order valence-corrected chi connectivity index (χ2v) is 4.12. The molecule has 1 aromatic heterocycles. The molecule has 0 amide bonds. The average molecular weight is 268 g/mol. The molecule has 0 saturated heterocycles. The smallest absolute Gasteiger partial charge is 0.254 e. The van der Waals surface area contributed by atoms with Gasteiger partial charge in [0, 0.05) is 0 Å². The van der Waals surface area contributed by atoms with Gasteiger partial charge in [-0.3, -0.25) is 0 Å². The number of hydrogen-bond acceptors (Lipinski definition) is 5. The largest absolute Gasteiger partial charge is 0.507 e. The van der Waals surface area contributed by atoms with Crippen LogP contribution in [-0.4, -0.2) is 15.3 Å². The van der Waals surface area contributed by atoms with E-state index in [1.807, 2.05) is 30.3 Å². The molecule has 3 rings (SSSR count). The normalized spacial score (nSPS) is 10.4. The molecule has 5 heteroatoms. The van der Waals surface area contributed by atoms with E-state index < -0.39 is 0 Å². The Bertz CT molecular complexity index is 695. The summed E-state index contributed by atoms with van der Waals surface area (Å²) in [5.74, 6) is 1.46. The fraction of sp³-hybridized carbons (Fsp3) is 0.0667. The third-order valence-electron chi connectivity index (χ3n) is 2.71. The lowest BCUT2D eigenvalue weighted by molar-refractivity contribution is 0.264. The van der Waals surface area contributed by atoms with Gasteiger partial charge in [-0.2, -0.15) is 0 Å². The van der Waals surface area contributed by atoms with Gasteiger partial charge in [0.1, 0.15) is 11.5 Å². The Morgan fingerprint density at radius 1 is 0.950 bits per heavy atom. The van der Waals surface area contributed by atoms with Gasteiger partial charge in [-0.1, -0.05) is 30.3 Å². The topological polar surface area (TPSA) is 68.4 Å². The summed E-state index contributed by atoms with van der Waals surface area (Å²) in [6, 6.07) is 16.2. The number of rotatable bonds is 4. The van der Waals surface area contributed by atoms with Gasteiger partial charge in [-0.25, -0.2) is 0 Å². The first kappa shape index (κ1) is 12.2. The Kier molecular flexibility index (Phi) is 3.33. The molecule has 0 radical (unpaired) electrons. The van der Waals surface area contributed by atoms with Crippen molar-refractivity contribution in [1.29, 1.82) is 0 Å². The number of nitrogens with zero attached hydrogens (tertiary/aromatic N) is 2. The summed E-state index contributed by atoms with van der Waals surface area (Å²) in [7, 11) is 0. The highest BCUT2D eigenvalue weighted by Gasteiger charge is 2.12. The van der Waals surface area contributed by atoms with Crippen LogP contribution in [0.5, 0.6) is 11.5 Å². The Balaban J connectivity index is 1.73. The van der Waals surface area contributed by atoms with Crippen molar-refractivity contribution in [3.63, 3.8) is 0 Å². The van der Waals surface area contributed by atoms with Crippen molar-refractivity contribution in [3.8, 4) is 23.0 Å². The molecular formula is C15H12N2O3. The second kappa shape index (κ2) is 5.44. The van der Waals surface area contributed by atoms with Gasteiger partial charge >= 0.3 is 0 Å². The van der Waals surface area contributed by atoms with Crippen molar-refractivity contribution in [1.82, 2.24) is 10.2 Å². The van der Waals surface area contributed by atoms with E-state index in [0.717, 1.165) is 5.75 Å². The third kappa shape index (κ3) is 2.61. The van der Waals surface area contributed by atoms with Crippen molar-refractivity contribution < 1.29 is 14.3 Å². The van der Waals surface area contributed by atoms with Crippen LogP contribution in [0.3, 0.4) is 0 Å². The summed E-state index contributed by atoms with van der Waals surface area (Å²) >= 11 is 0. The summed E-state index contributed by atoms with van der Waals surface area (Å²) in [5.41, 5.74) is 0.506. The molecule has 0 saturated carbocycles. The van der Waals surface area contributed by atoms with Crippen LogP contribution in [0.15, 0.2) is 59.0 Å². The second-order valence-electron chi connectivity index (χ2n) is 4.12. The SMILES string of the molecule is Oc1ccccc1-c1nnc(COc2ccccc2)o1. The molecule has 0 unspecified atom stereocenters. The standard InChI is InChI=1S/C15H12N2O3/c18-13-9-5-4-8-12(13)15-17-16-14(20-15)10-19-11-6-2-1-3-7-11/h1-9,18H,10H2. The lowest BCUT2D eigenvalue weighted by Crippen LogP contribution is -1.95.